The molecule has 0 radical (unpaired) electrons. The summed E-state index contributed by atoms with van der Waals surface area (Å²) < 4.78 is 36.3. The van der Waals surface area contributed by atoms with Gasteiger partial charge >= 0.3 is 0 Å². The lowest BCUT2D eigenvalue weighted by atomic mass is 10.1. The molecule has 0 spiro atoms. The van der Waals surface area contributed by atoms with E-state index in [4.69, 9.17) is 21.1 Å². The van der Waals surface area contributed by atoms with Crippen LogP contribution in [0.1, 0.15) is 10.8 Å². The van der Waals surface area contributed by atoms with Gasteiger partial charge in [-0.1, -0.05) is 17.7 Å². The molecule has 7 heteroatoms. The molecule has 0 aliphatic carbocycles. The molecule has 0 unspecified atom stereocenters. The number of rotatable bonds is 6. The minimum Gasteiger partial charge on any atom is -0.497 e. The Morgan fingerprint density at radius 3 is 2.26 bits per heavy atom. The number of quaternary nitrogens is 1. The molecule has 2 aromatic carbocycles. The van der Waals surface area contributed by atoms with Gasteiger partial charge in [-0.05, 0) is 30.3 Å². The molecule has 0 aliphatic rings. The van der Waals surface area contributed by atoms with E-state index in [0.717, 1.165) is 0 Å². The fraction of sp³-hybridized carbons (Fsp3) is 0.250. The lowest BCUT2D eigenvalue weighted by molar-refractivity contribution is -0.367. The number of sulfone groups is 1. The van der Waals surface area contributed by atoms with Crippen molar-refractivity contribution in [3.8, 4) is 11.5 Å². The molecule has 1 atom stereocenters. The number of hydrogen-bond acceptors (Lipinski definition) is 4. The Bertz CT molecular complexity index is 775. The van der Waals surface area contributed by atoms with Crippen LogP contribution in [-0.4, -0.2) is 29.2 Å². The molecule has 23 heavy (non-hydrogen) atoms. The molecule has 0 aliphatic heterocycles. The van der Waals surface area contributed by atoms with E-state index >= 15 is 0 Å². The van der Waals surface area contributed by atoms with E-state index in [1.54, 1.807) is 30.3 Å². The third-order valence-electron chi connectivity index (χ3n) is 3.57. The first-order valence-electron chi connectivity index (χ1n) is 6.94. The van der Waals surface area contributed by atoms with E-state index in [9.17, 15) is 8.42 Å². The van der Waals surface area contributed by atoms with Gasteiger partial charge in [0.1, 0.15) is 16.7 Å². The number of ether oxygens (including phenoxy) is 2. The first-order chi connectivity index (χ1) is 10.9. The van der Waals surface area contributed by atoms with Gasteiger partial charge in [-0.3, -0.25) is 0 Å². The summed E-state index contributed by atoms with van der Waals surface area (Å²) in [6.07, 6.45) is 0. The largest absolute Gasteiger partial charge is 0.497 e. The second-order valence-electron chi connectivity index (χ2n) is 4.88. The van der Waals surface area contributed by atoms with Gasteiger partial charge in [-0.2, -0.15) is 0 Å². The second-order valence-corrected chi connectivity index (χ2v) is 7.45. The molecule has 0 fully saturated rings. The summed E-state index contributed by atoms with van der Waals surface area (Å²) in [5, 5.41) is -0.332. The molecule has 3 N–H and O–H groups in total. The monoisotopic (exact) mass is 356 g/mol. The third kappa shape index (κ3) is 3.60. The molecule has 2 aromatic rings. The zero-order valence-corrected chi connectivity index (χ0v) is 14.5. The Morgan fingerprint density at radius 2 is 1.74 bits per heavy atom. The van der Waals surface area contributed by atoms with Crippen LogP contribution in [0.4, 0.5) is 0 Å². The summed E-state index contributed by atoms with van der Waals surface area (Å²) in [7, 11) is -0.582. The van der Waals surface area contributed by atoms with Crippen LogP contribution < -0.4 is 15.2 Å². The number of halogens is 1. The number of methoxy groups -OCH3 is 2. The summed E-state index contributed by atoms with van der Waals surface area (Å²) >= 11 is 5.83. The fourth-order valence-corrected chi connectivity index (χ4v) is 4.16. The minimum atomic E-state index is -3.62. The van der Waals surface area contributed by atoms with E-state index in [-0.39, 0.29) is 11.4 Å². The molecular weight excluding hydrogens is 338 g/mol. The molecule has 124 valence electrons. The van der Waals surface area contributed by atoms with Crippen molar-refractivity contribution in [1.82, 2.24) is 0 Å². The zero-order chi connectivity index (χ0) is 17.0. The van der Waals surface area contributed by atoms with Crippen molar-refractivity contribution in [2.24, 2.45) is 0 Å². The van der Waals surface area contributed by atoms with Crippen LogP contribution in [-0.2, 0) is 9.84 Å². The third-order valence-corrected chi connectivity index (χ3v) is 5.99. The minimum absolute atomic E-state index is 0.174. The summed E-state index contributed by atoms with van der Waals surface area (Å²) in [6.45, 7) is 0.174. The van der Waals surface area contributed by atoms with Gasteiger partial charge in [0.05, 0.1) is 25.7 Å². The van der Waals surface area contributed by atoms with Gasteiger partial charge in [-0.15, -0.1) is 0 Å². The van der Waals surface area contributed by atoms with Crippen molar-refractivity contribution < 1.29 is 23.6 Å². The molecule has 5 nitrogen and oxygen atoms in total. The van der Waals surface area contributed by atoms with Crippen LogP contribution >= 0.6 is 11.6 Å². The van der Waals surface area contributed by atoms with Crippen molar-refractivity contribution in [3.05, 3.63) is 53.1 Å². The normalized spacial score (nSPS) is 12.7. The predicted molar refractivity (Wildman–Crippen MR) is 88.7 cm³/mol. The highest BCUT2D eigenvalue weighted by Gasteiger charge is 2.32. The van der Waals surface area contributed by atoms with E-state index in [2.05, 4.69) is 5.73 Å². The van der Waals surface area contributed by atoms with Crippen molar-refractivity contribution >= 4 is 21.4 Å². The van der Waals surface area contributed by atoms with Gasteiger partial charge in [-0.25, -0.2) is 8.42 Å². The molecule has 0 saturated heterocycles. The smallest absolute Gasteiger partial charge is 0.191 e. The first-order valence-corrected chi connectivity index (χ1v) is 8.87. The van der Waals surface area contributed by atoms with Crippen LogP contribution in [0.25, 0.3) is 0 Å². The SMILES string of the molecule is COc1ccc([C@H](C[NH3+])S(=O)(=O)c2ccc(Cl)cc2)c(OC)c1. The van der Waals surface area contributed by atoms with Gasteiger partial charge in [0, 0.05) is 16.7 Å². The molecule has 0 aromatic heterocycles. The quantitative estimate of drug-likeness (QED) is 0.859. The Balaban J connectivity index is 2.52. The van der Waals surface area contributed by atoms with Gasteiger partial charge in [0.2, 0.25) is 0 Å². The molecular formula is C16H19ClNO4S+. The van der Waals surface area contributed by atoms with Gasteiger partial charge in [0.15, 0.2) is 9.84 Å². The summed E-state index contributed by atoms with van der Waals surface area (Å²) in [6, 6.07) is 11.2. The van der Waals surface area contributed by atoms with Crippen molar-refractivity contribution in [2.75, 3.05) is 20.8 Å². The van der Waals surface area contributed by atoms with Crippen molar-refractivity contribution in [2.45, 2.75) is 10.1 Å². The summed E-state index contributed by atoms with van der Waals surface area (Å²) in [5.74, 6) is 1.05. The maximum atomic E-state index is 12.9. The van der Waals surface area contributed by atoms with E-state index in [0.29, 0.717) is 22.1 Å². The maximum absolute atomic E-state index is 12.9. The van der Waals surface area contributed by atoms with E-state index in [1.807, 2.05) is 0 Å². The molecule has 0 saturated carbocycles. The fourth-order valence-electron chi connectivity index (χ4n) is 2.35. The lowest BCUT2D eigenvalue weighted by Gasteiger charge is -2.18. The Hall–Kier alpha value is -1.76. The van der Waals surface area contributed by atoms with Crippen molar-refractivity contribution in [1.29, 1.82) is 0 Å². The van der Waals surface area contributed by atoms with E-state index < -0.39 is 15.1 Å². The van der Waals surface area contributed by atoms with Gasteiger partial charge < -0.3 is 15.2 Å². The average Bonchev–Trinajstić information content (AvgIpc) is 2.56. The topological polar surface area (TPSA) is 80.2 Å². The Kier molecular flexibility index (Phi) is 5.51. The van der Waals surface area contributed by atoms with Gasteiger partial charge in [0.25, 0.3) is 0 Å². The highest BCUT2D eigenvalue weighted by Crippen LogP contribution is 2.36. The Labute approximate surface area is 140 Å². The highest BCUT2D eigenvalue weighted by molar-refractivity contribution is 7.91. The summed E-state index contributed by atoms with van der Waals surface area (Å²) in [5.41, 5.74) is 4.35. The van der Waals surface area contributed by atoms with Crippen LogP contribution in [0.15, 0.2) is 47.4 Å². The number of hydrogen-bond donors (Lipinski definition) is 1. The molecule has 0 bridgehead atoms. The standard InChI is InChI=1S/C16H18ClNO4S/c1-21-12-5-8-14(15(9-12)22-2)16(10-18)23(19,20)13-6-3-11(17)4-7-13/h3-9,16H,10,18H2,1-2H3/p+1/t16-/m0/s1. The number of benzene rings is 2. The van der Waals surface area contributed by atoms with Crippen LogP contribution in [0.5, 0.6) is 11.5 Å². The van der Waals surface area contributed by atoms with Crippen molar-refractivity contribution in [3.63, 3.8) is 0 Å². The highest BCUT2D eigenvalue weighted by atomic mass is 35.5. The predicted octanol–water partition coefficient (Wildman–Crippen LogP) is 2.11. The van der Waals surface area contributed by atoms with Crippen LogP contribution in [0, 0.1) is 0 Å². The summed E-state index contributed by atoms with van der Waals surface area (Å²) in [4.78, 5) is 0.202. The Morgan fingerprint density at radius 1 is 1.09 bits per heavy atom. The molecule has 2 rings (SSSR count). The van der Waals surface area contributed by atoms with Crippen LogP contribution in [0.3, 0.4) is 0 Å². The average molecular weight is 357 g/mol. The maximum Gasteiger partial charge on any atom is 0.191 e. The first kappa shape index (κ1) is 17.6. The van der Waals surface area contributed by atoms with Crippen LogP contribution in [0.2, 0.25) is 5.02 Å². The zero-order valence-electron chi connectivity index (χ0n) is 13.0. The lowest BCUT2D eigenvalue weighted by Crippen LogP contribution is -2.54. The van der Waals surface area contributed by atoms with E-state index in [1.165, 1.54) is 26.4 Å². The second kappa shape index (κ2) is 7.21. The molecule has 0 heterocycles. The molecule has 0 amide bonds.